The van der Waals surface area contributed by atoms with Gasteiger partial charge >= 0.3 is 0 Å². The Balaban J connectivity index is 1.36. The van der Waals surface area contributed by atoms with Gasteiger partial charge in [0.1, 0.15) is 5.82 Å². The van der Waals surface area contributed by atoms with E-state index in [1.165, 1.54) is 11.3 Å². The second kappa shape index (κ2) is 12.4. The predicted octanol–water partition coefficient (Wildman–Crippen LogP) is 5.59. The van der Waals surface area contributed by atoms with Crippen molar-refractivity contribution < 1.29 is 4.79 Å². The van der Waals surface area contributed by atoms with Crippen LogP contribution in [0.3, 0.4) is 0 Å². The molecule has 1 aromatic heterocycles. The number of benzene rings is 1. The van der Waals surface area contributed by atoms with E-state index < -0.39 is 0 Å². The first kappa shape index (κ1) is 27.6. The standard InChI is InChI=1S/C27H34Cl2N6OS/c1-4-22-17-34(25(19(3)28)31-15-18(2)24-16-32-27(30)37-24)13-14-35(22)23-9-11-33(12-10-23)26(36)20-5-7-21(29)8-6-20/h5-8,15-16,22-23H,2,4,9-14,17H2,1,3H3,(H2,30,32)/b25-19-,31-15-/t22-/m0/s1. The van der Waals surface area contributed by atoms with E-state index in [9.17, 15) is 4.79 Å². The number of piperidine rings is 1. The number of nitrogens with zero attached hydrogens (tertiary/aromatic N) is 5. The smallest absolute Gasteiger partial charge is 0.253 e. The van der Waals surface area contributed by atoms with E-state index in [4.69, 9.17) is 33.9 Å². The first-order chi connectivity index (χ1) is 17.8. The molecule has 2 saturated heterocycles. The molecule has 1 atom stereocenters. The monoisotopic (exact) mass is 560 g/mol. The molecular weight excluding hydrogens is 527 g/mol. The first-order valence-electron chi connectivity index (χ1n) is 12.6. The first-order valence-corrected chi connectivity index (χ1v) is 14.2. The SMILES string of the molecule is C=C(/C=N\C(=C(/C)Cl)N1CCN(C2CCN(C(=O)c3ccc(Cl)cc3)CC2)[C@@H](CC)C1)c1cnc(N)s1. The highest BCUT2D eigenvalue weighted by Crippen LogP contribution is 2.28. The normalized spacial score (nSPS) is 20.4. The Bertz CT molecular complexity index is 1170. The summed E-state index contributed by atoms with van der Waals surface area (Å²) in [6.07, 6.45) is 6.44. The molecule has 2 aromatic rings. The Morgan fingerprint density at radius 3 is 2.51 bits per heavy atom. The number of rotatable bonds is 7. The van der Waals surface area contributed by atoms with Gasteiger partial charge in [-0.05, 0) is 50.5 Å². The molecule has 37 heavy (non-hydrogen) atoms. The zero-order valence-corrected chi connectivity index (χ0v) is 23.7. The molecule has 1 amide bonds. The van der Waals surface area contributed by atoms with Gasteiger partial charge in [-0.1, -0.05) is 48.0 Å². The van der Waals surface area contributed by atoms with Crippen LogP contribution in [0, 0.1) is 0 Å². The van der Waals surface area contributed by atoms with E-state index in [-0.39, 0.29) is 5.91 Å². The number of piperazine rings is 1. The molecule has 0 spiro atoms. The lowest BCUT2D eigenvalue weighted by Crippen LogP contribution is -2.58. The quantitative estimate of drug-likeness (QED) is 0.446. The number of hydrogen-bond donors (Lipinski definition) is 1. The molecule has 2 fully saturated rings. The van der Waals surface area contributed by atoms with Crippen LogP contribution < -0.4 is 5.73 Å². The van der Waals surface area contributed by atoms with Crippen molar-refractivity contribution in [3.8, 4) is 0 Å². The van der Waals surface area contributed by atoms with Crippen LogP contribution in [-0.2, 0) is 0 Å². The van der Waals surface area contributed by atoms with Gasteiger partial charge in [-0.15, -0.1) is 0 Å². The second-order valence-corrected chi connectivity index (χ2v) is 11.5. The van der Waals surface area contributed by atoms with E-state index in [1.807, 2.05) is 11.8 Å². The van der Waals surface area contributed by atoms with Gasteiger partial charge in [-0.3, -0.25) is 9.69 Å². The third-order valence-electron chi connectivity index (χ3n) is 7.10. The Labute approximate surface area is 233 Å². The largest absolute Gasteiger partial charge is 0.375 e. The second-order valence-electron chi connectivity index (χ2n) is 9.48. The lowest BCUT2D eigenvalue weighted by Gasteiger charge is -2.48. The van der Waals surface area contributed by atoms with Crippen molar-refractivity contribution in [2.75, 3.05) is 38.5 Å². The highest BCUT2D eigenvalue weighted by molar-refractivity contribution is 7.16. The summed E-state index contributed by atoms with van der Waals surface area (Å²) < 4.78 is 0. The minimum atomic E-state index is 0.0832. The van der Waals surface area contributed by atoms with Crippen molar-refractivity contribution in [1.82, 2.24) is 19.7 Å². The van der Waals surface area contributed by atoms with E-state index in [0.717, 1.165) is 68.3 Å². The molecule has 3 heterocycles. The highest BCUT2D eigenvalue weighted by Gasteiger charge is 2.34. The van der Waals surface area contributed by atoms with E-state index in [2.05, 4.69) is 28.3 Å². The van der Waals surface area contributed by atoms with Gasteiger partial charge in [0.05, 0.1) is 9.91 Å². The van der Waals surface area contributed by atoms with Crippen LogP contribution in [0.4, 0.5) is 5.13 Å². The number of nitrogen functional groups attached to an aromatic ring is 1. The third kappa shape index (κ3) is 6.74. The number of thiazole rings is 1. The lowest BCUT2D eigenvalue weighted by molar-refractivity contribution is 0.0224. The van der Waals surface area contributed by atoms with Gasteiger partial charge in [-0.2, -0.15) is 0 Å². The van der Waals surface area contributed by atoms with Gasteiger partial charge < -0.3 is 15.5 Å². The molecular formula is C27H34Cl2N6OS. The maximum atomic E-state index is 12.9. The fourth-order valence-electron chi connectivity index (χ4n) is 5.11. The summed E-state index contributed by atoms with van der Waals surface area (Å²) in [6.45, 7) is 12.4. The van der Waals surface area contributed by atoms with E-state index in [1.54, 1.807) is 36.7 Å². The summed E-state index contributed by atoms with van der Waals surface area (Å²) in [5.41, 5.74) is 7.21. The van der Waals surface area contributed by atoms with Crippen molar-refractivity contribution in [2.24, 2.45) is 4.99 Å². The minimum absolute atomic E-state index is 0.0832. The molecule has 4 rings (SSSR count). The van der Waals surface area contributed by atoms with Crippen molar-refractivity contribution in [1.29, 1.82) is 0 Å². The molecule has 7 nitrogen and oxygen atoms in total. The number of aliphatic imine (C=N–C) groups is 1. The molecule has 198 valence electrons. The number of carbonyl (C=O) groups is 1. The number of likely N-dealkylation sites (tertiary alicyclic amines) is 1. The summed E-state index contributed by atoms with van der Waals surface area (Å²) in [7, 11) is 0. The predicted molar refractivity (Wildman–Crippen MR) is 155 cm³/mol. The number of amides is 1. The maximum Gasteiger partial charge on any atom is 0.253 e. The van der Waals surface area contributed by atoms with Gasteiger partial charge in [0.25, 0.3) is 5.91 Å². The molecule has 0 unspecified atom stereocenters. The van der Waals surface area contributed by atoms with Crippen LogP contribution in [0.15, 0.2) is 52.9 Å². The maximum absolute atomic E-state index is 12.9. The summed E-state index contributed by atoms with van der Waals surface area (Å²) >= 11 is 13.9. The van der Waals surface area contributed by atoms with Crippen LogP contribution in [0.25, 0.3) is 5.57 Å². The van der Waals surface area contributed by atoms with Crippen LogP contribution in [-0.4, -0.2) is 76.6 Å². The van der Waals surface area contributed by atoms with Crippen LogP contribution in [0.1, 0.15) is 48.3 Å². The van der Waals surface area contributed by atoms with Crippen LogP contribution >= 0.6 is 34.5 Å². The number of hydrogen-bond acceptors (Lipinski definition) is 7. The summed E-state index contributed by atoms with van der Waals surface area (Å²) in [5, 5.41) is 1.81. The van der Waals surface area contributed by atoms with Gasteiger partial charge in [0, 0.05) is 73.4 Å². The average molecular weight is 562 g/mol. The summed E-state index contributed by atoms with van der Waals surface area (Å²) in [5.74, 6) is 0.863. The van der Waals surface area contributed by atoms with Crippen LogP contribution in [0.5, 0.6) is 0 Å². The van der Waals surface area contributed by atoms with Gasteiger partial charge in [0.2, 0.25) is 0 Å². The molecule has 0 bridgehead atoms. The molecule has 0 aliphatic carbocycles. The number of anilines is 1. The molecule has 2 aliphatic heterocycles. The number of allylic oxidation sites excluding steroid dienone is 2. The minimum Gasteiger partial charge on any atom is -0.375 e. The molecule has 0 radical (unpaired) electrons. The van der Waals surface area contributed by atoms with E-state index in [0.29, 0.717) is 32.8 Å². The third-order valence-corrected chi connectivity index (χ3v) is 8.42. The van der Waals surface area contributed by atoms with Crippen LogP contribution in [0.2, 0.25) is 5.02 Å². The number of halogens is 2. The lowest BCUT2D eigenvalue weighted by atomic mass is 9.97. The Morgan fingerprint density at radius 1 is 1.22 bits per heavy atom. The van der Waals surface area contributed by atoms with Crippen molar-refractivity contribution in [2.45, 2.75) is 45.2 Å². The van der Waals surface area contributed by atoms with E-state index >= 15 is 0 Å². The molecule has 10 heteroatoms. The highest BCUT2D eigenvalue weighted by atomic mass is 35.5. The molecule has 1 aromatic carbocycles. The number of nitrogens with two attached hydrogens (primary N) is 1. The van der Waals surface area contributed by atoms with Crippen molar-refractivity contribution in [3.05, 3.63) is 63.4 Å². The summed E-state index contributed by atoms with van der Waals surface area (Å²) in [4.78, 5) is 29.5. The fourth-order valence-corrected chi connectivity index (χ4v) is 6.02. The summed E-state index contributed by atoms with van der Waals surface area (Å²) in [6, 6.07) is 8.00. The number of carbonyl (C=O) groups excluding carboxylic acids is 1. The van der Waals surface area contributed by atoms with Crippen molar-refractivity contribution >= 4 is 57.4 Å². The Kier molecular flexibility index (Phi) is 9.29. The van der Waals surface area contributed by atoms with Gasteiger partial charge in [-0.25, -0.2) is 9.98 Å². The Morgan fingerprint density at radius 2 is 1.92 bits per heavy atom. The van der Waals surface area contributed by atoms with Gasteiger partial charge in [0.15, 0.2) is 5.13 Å². The molecule has 0 saturated carbocycles. The average Bonchev–Trinajstić information content (AvgIpc) is 3.35. The zero-order chi connectivity index (χ0) is 26.5. The topological polar surface area (TPSA) is 78.1 Å². The molecule has 2 aliphatic rings. The number of aromatic nitrogens is 1. The van der Waals surface area contributed by atoms with Crippen molar-refractivity contribution in [3.63, 3.8) is 0 Å². The molecule has 2 N–H and O–H groups in total. The fraction of sp³-hybridized carbons (Fsp3) is 0.444. The Hall–Kier alpha value is -2.39. The zero-order valence-electron chi connectivity index (χ0n) is 21.4.